The fourth-order valence-electron chi connectivity index (χ4n) is 4.84. The molecule has 0 saturated carbocycles. The summed E-state index contributed by atoms with van der Waals surface area (Å²) in [5.74, 6) is 0.232. The Labute approximate surface area is 219 Å². The number of rotatable bonds is 6. The van der Waals surface area contributed by atoms with E-state index in [1.807, 2.05) is 19.1 Å². The van der Waals surface area contributed by atoms with Gasteiger partial charge in [0.25, 0.3) is 11.8 Å². The molecule has 0 radical (unpaired) electrons. The van der Waals surface area contributed by atoms with Crippen LogP contribution in [0.1, 0.15) is 68.9 Å². The van der Waals surface area contributed by atoms with Crippen molar-refractivity contribution in [1.82, 2.24) is 35.8 Å². The van der Waals surface area contributed by atoms with Crippen molar-refractivity contribution in [3.8, 4) is 11.4 Å². The Balaban J connectivity index is 1.30. The van der Waals surface area contributed by atoms with E-state index in [-0.39, 0.29) is 35.2 Å². The number of carbonyl (C=O) groups is 2. The Morgan fingerprint density at radius 2 is 1.82 bits per heavy atom. The third kappa shape index (κ3) is 5.02. The number of hydrogen-bond donors (Lipinski definition) is 3. The lowest BCUT2D eigenvalue weighted by Gasteiger charge is -2.28. The molecule has 0 unspecified atom stereocenters. The zero-order valence-corrected chi connectivity index (χ0v) is 21.6. The Morgan fingerprint density at radius 3 is 2.53 bits per heavy atom. The second kappa shape index (κ2) is 9.77. The number of amides is 2. The van der Waals surface area contributed by atoms with Gasteiger partial charge in [0.15, 0.2) is 5.82 Å². The molecule has 38 heavy (non-hydrogen) atoms. The van der Waals surface area contributed by atoms with Crippen molar-refractivity contribution >= 4 is 11.8 Å². The molecule has 4 aromatic rings. The molecule has 0 spiro atoms. The number of carbonyl (C=O) groups excluding carboxylic acids is 2. The molecule has 3 N–H and O–H groups in total. The van der Waals surface area contributed by atoms with Gasteiger partial charge in [-0.05, 0) is 60.1 Å². The van der Waals surface area contributed by atoms with E-state index < -0.39 is 11.8 Å². The molecule has 0 aliphatic heterocycles. The molecule has 1 aliphatic rings. The van der Waals surface area contributed by atoms with Crippen LogP contribution in [0.25, 0.3) is 11.4 Å². The van der Waals surface area contributed by atoms with E-state index in [2.05, 4.69) is 55.7 Å². The van der Waals surface area contributed by atoms with E-state index in [0.29, 0.717) is 11.4 Å². The minimum atomic E-state index is -0.454. The number of benzene rings is 2. The van der Waals surface area contributed by atoms with Crippen molar-refractivity contribution in [2.24, 2.45) is 5.41 Å². The fourth-order valence-corrected chi connectivity index (χ4v) is 4.84. The average Bonchev–Trinajstić information content (AvgIpc) is 3.43. The zero-order chi connectivity index (χ0) is 27.0. The van der Waals surface area contributed by atoms with E-state index in [1.54, 1.807) is 19.1 Å². The monoisotopic (exact) mass is 513 g/mol. The highest BCUT2D eigenvalue weighted by molar-refractivity contribution is 5.97. The van der Waals surface area contributed by atoms with Gasteiger partial charge in [0, 0.05) is 18.2 Å². The summed E-state index contributed by atoms with van der Waals surface area (Å²) in [5, 5.41) is 13.0. The number of H-pyrrole nitrogens is 1. The van der Waals surface area contributed by atoms with Crippen LogP contribution in [-0.4, -0.2) is 37.0 Å². The van der Waals surface area contributed by atoms with Gasteiger partial charge in [-0.3, -0.25) is 14.7 Å². The van der Waals surface area contributed by atoms with Crippen molar-refractivity contribution in [2.75, 3.05) is 0 Å². The molecule has 5 rings (SSSR count). The minimum Gasteiger partial charge on any atom is -0.347 e. The average molecular weight is 514 g/mol. The highest BCUT2D eigenvalue weighted by atomic mass is 19.1. The van der Waals surface area contributed by atoms with Gasteiger partial charge in [-0.1, -0.05) is 38.1 Å². The predicted molar refractivity (Wildman–Crippen MR) is 139 cm³/mol. The second-order valence-corrected chi connectivity index (χ2v) is 10.3. The smallest absolute Gasteiger partial charge is 0.270 e. The van der Waals surface area contributed by atoms with Crippen LogP contribution < -0.4 is 10.6 Å². The molecule has 9 nitrogen and oxygen atoms in total. The van der Waals surface area contributed by atoms with E-state index in [9.17, 15) is 14.0 Å². The number of fused-ring (bicyclic) bond motifs is 1. The molecule has 1 atom stereocenters. The van der Waals surface area contributed by atoms with Gasteiger partial charge in [-0.15, -0.1) is 0 Å². The van der Waals surface area contributed by atoms with Crippen LogP contribution in [0.2, 0.25) is 0 Å². The maximum Gasteiger partial charge on any atom is 0.270 e. The van der Waals surface area contributed by atoms with Gasteiger partial charge in [-0.2, -0.15) is 5.10 Å². The molecule has 0 bridgehead atoms. The quantitative estimate of drug-likeness (QED) is 0.358. The number of nitrogens with one attached hydrogen (secondary N) is 3. The van der Waals surface area contributed by atoms with Crippen LogP contribution in [0.5, 0.6) is 0 Å². The molecule has 194 valence electrons. The van der Waals surface area contributed by atoms with E-state index in [4.69, 9.17) is 0 Å². The Kier molecular flexibility index (Phi) is 6.48. The topological polar surface area (TPSA) is 126 Å². The zero-order valence-electron chi connectivity index (χ0n) is 21.6. The summed E-state index contributed by atoms with van der Waals surface area (Å²) in [6.45, 7) is 7.92. The van der Waals surface area contributed by atoms with E-state index >= 15 is 0 Å². The van der Waals surface area contributed by atoms with Crippen LogP contribution in [0.4, 0.5) is 4.39 Å². The summed E-state index contributed by atoms with van der Waals surface area (Å²) >= 11 is 0. The summed E-state index contributed by atoms with van der Waals surface area (Å²) in [4.78, 5) is 38.4. The summed E-state index contributed by atoms with van der Waals surface area (Å²) in [6, 6.07) is 11.8. The lowest BCUT2D eigenvalue weighted by Crippen LogP contribution is -2.36. The second-order valence-electron chi connectivity index (χ2n) is 10.3. The lowest BCUT2D eigenvalue weighted by molar-refractivity contribution is 0.0898. The number of nitrogens with zero attached hydrogens (tertiary/aromatic N) is 4. The largest absolute Gasteiger partial charge is 0.347 e. The first kappa shape index (κ1) is 25.2. The summed E-state index contributed by atoms with van der Waals surface area (Å²) in [5.41, 5.74) is 4.25. The van der Waals surface area contributed by atoms with Gasteiger partial charge in [-0.25, -0.2) is 19.3 Å². The van der Waals surface area contributed by atoms with Gasteiger partial charge in [0.1, 0.15) is 29.4 Å². The molecular formula is C28H28FN7O2. The van der Waals surface area contributed by atoms with E-state index in [1.165, 1.54) is 18.5 Å². The standard InChI is InChI=1S/C28H28FN7O2/c1-15-9-17(5-8-21(15)29)13-30-26(37)22-11-23(32-14-31-22)27(38)34-24-20-7-6-18(25-33-16(2)35-36-25)10-19(20)12-28(24,3)4/h5-11,14,24H,12-13H2,1-4H3,(H,30,37)(H,34,38)(H,33,35,36)/t24-/m1/s1. The van der Waals surface area contributed by atoms with Crippen LogP contribution in [-0.2, 0) is 13.0 Å². The molecule has 2 heterocycles. The number of aromatic nitrogens is 5. The molecule has 2 aromatic heterocycles. The lowest BCUT2D eigenvalue weighted by atomic mass is 9.85. The molecule has 1 aliphatic carbocycles. The normalized spacial score (nSPS) is 15.7. The van der Waals surface area contributed by atoms with Crippen molar-refractivity contribution in [3.63, 3.8) is 0 Å². The molecular weight excluding hydrogens is 485 g/mol. The number of hydrogen-bond acceptors (Lipinski definition) is 6. The number of halogens is 1. The third-order valence-electron chi connectivity index (χ3n) is 6.82. The van der Waals surface area contributed by atoms with Gasteiger partial charge in [0.2, 0.25) is 0 Å². The molecule has 2 amide bonds. The van der Waals surface area contributed by atoms with Gasteiger partial charge >= 0.3 is 0 Å². The van der Waals surface area contributed by atoms with Gasteiger partial charge < -0.3 is 10.6 Å². The minimum absolute atomic E-state index is 0.0708. The van der Waals surface area contributed by atoms with Crippen molar-refractivity contribution in [2.45, 2.75) is 46.7 Å². The van der Waals surface area contributed by atoms with Crippen molar-refractivity contribution in [1.29, 1.82) is 0 Å². The highest BCUT2D eigenvalue weighted by Crippen LogP contribution is 2.46. The summed E-state index contributed by atoms with van der Waals surface area (Å²) < 4.78 is 13.5. The fraction of sp³-hybridized carbons (Fsp3) is 0.286. The van der Waals surface area contributed by atoms with Crippen molar-refractivity contribution < 1.29 is 14.0 Å². The molecule has 0 saturated heterocycles. The Bertz CT molecular complexity index is 1550. The first-order valence-electron chi connectivity index (χ1n) is 12.3. The van der Waals surface area contributed by atoms with E-state index in [0.717, 1.165) is 34.5 Å². The highest BCUT2D eigenvalue weighted by Gasteiger charge is 2.40. The van der Waals surface area contributed by atoms with Crippen LogP contribution in [0.15, 0.2) is 48.8 Å². The van der Waals surface area contributed by atoms with Crippen LogP contribution in [0.3, 0.4) is 0 Å². The summed E-state index contributed by atoms with van der Waals surface area (Å²) in [6.07, 6.45) is 1.97. The first-order chi connectivity index (χ1) is 18.1. The molecule has 0 fully saturated rings. The Morgan fingerprint density at radius 1 is 1.05 bits per heavy atom. The van der Waals surface area contributed by atoms with Crippen LogP contribution >= 0.6 is 0 Å². The predicted octanol–water partition coefficient (Wildman–Crippen LogP) is 4.00. The number of aryl methyl sites for hydroxylation is 2. The van der Waals surface area contributed by atoms with Gasteiger partial charge in [0.05, 0.1) is 6.04 Å². The van der Waals surface area contributed by atoms with Crippen molar-refractivity contribution in [3.05, 3.63) is 94.1 Å². The molecule has 2 aromatic carbocycles. The molecule has 10 heteroatoms. The third-order valence-corrected chi connectivity index (χ3v) is 6.82. The Hall–Kier alpha value is -4.47. The number of aromatic amines is 1. The SMILES string of the molecule is Cc1nc(-c2ccc3c(c2)CC(C)(C)[C@@H]3NC(=O)c2cc(C(=O)NCc3ccc(F)c(C)c3)ncn2)n[nH]1. The van der Waals surface area contributed by atoms with Crippen LogP contribution in [0, 0.1) is 25.1 Å². The maximum atomic E-state index is 13.5. The first-order valence-corrected chi connectivity index (χ1v) is 12.3. The maximum absolute atomic E-state index is 13.5. The summed E-state index contributed by atoms with van der Waals surface area (Å²) in [7, 11) is 0.